The smallest absolute Gasteiger partial charge is 0.306 e. The molecule has 11 heteroatoms. The van der Waals surface area contributed by atoms with E-state index in [9.17, 15) is 19.2 Å². The van der Waals surface area contributed by atoms with Gasteiger partial charge < -0.3 is 14.4 Å². The van der Waals surface area contributed by atoms with Crippen LogP contribution in [-0.4, -0.2) is 58.8 Å². The van der Waals surface area contributed by atoms with E-state index in [2.05, 4.69) is 10.5 Å². The van der Waals surface area contributed by atoms with Gasteiger partial charge in [-0.3, -0.25) is 24.4 Å². The monoisotopic (exact) mass is 562 g/mol. The number of nitrogens with zero attached hydrogens (tertiary/aromatic N) is 2. The van der Waals surface area contributed by atoms with E-state index < -0.39 is 18.4 Å². The Hall–Kier alpha value is -4.51. The normalized spacial score (nSPS) is 20.4. The third kappa shape index (κ3) is 8.74. The van der Waals surface area contributed by atoms with Crippen molar-refractivity contribution < 1.29 is 33.9 Å². The van der Waals surface area contributed by atoms with Crippen LogP contribution in [0, 0.1) is 0 Å². The standard InChI is InChI=1S/C30H34N4O7/c35-27(33-39)20-40-24-11-6-10-23(17-24)30(38)32-31-18-21-8-5-9-22(16-21)19-34-25-12-7-13-26(25)41-29(37)15-4-2-1-3-14-28(34)36/h1-2,5-6,8-11,16-18,25-26,39H,3-4,7,12-15,19-20H2,(H,32,38)(H,33,35)/b2-1+,31-18+/t25-,26-/m0/s1. The van der Waals surface area contributed by atoms with Crippen LogP contribution in [0.5, 0.6) is 5.75 Å². The van der Waals surface area contributed by atoms with Gasteiger partial charge in [0.25, 0.3) is 11.8 Å². The van der Waals surface area contributed by atoms with Gasteiger partial charge in [0, 0.05) is 24.9 Å². The number of hydroxylamine groups is 1. The number of esters is 1. The molecule has 41 heavy (non-hydrogen) atoms. The number of hydrogen-bond acceptors (Lipinski definition) is 8. The molecule has 2 aliphatic rings. The molecule has 11 nitrogen and oxygen atoms in total. The summed E-state index contributed by atoms with van der Waals surface area (Å²) in [6.07, 6.45) is 9.49. The number of fused-ring (bicyclic) bond motifs is 1. The van der Waals surface area contributed by atoms with E-state index in [-0.39, 0.29) is 35.3 Å². The Morgan fingerprint density at radius 1 is 1.07 bits per heavy atom. The molecule has 216 valence electrons. The summed E-state index contributed by atoms with van der Waals surface area (Å²) < 4.78 is 11.0. The Bertz CT molecular complexity index is 1310. The number of carbonyl (C=O) groups is 4. The van der Waals surface area contributed by atoms with Crippen molar-refractivity contribution in [3.63, 3.8) is 0 Å². The third-order valence-corrected chi connectivity index (χ3v) is 6.90. The first-order chi connectivity index (χ1) is 19.9. The van der Waals surface area contributed by atoms with Crippen LogP contribution in [0.15, 0.2) is 65.8 Å². The van der Waals surface area contributed by atoms with Crippen molar-refractivity contribution in [2.45, 2.75) is 63.6 Å². The molecule has 1 aliphatic carbocycles. The highest BCUT2D eigenvalue weighted by Gasteiger charge is 2.37. The number of hydrogen-bond donors (Lipinski definition) is 3. The number of amides is 3. The van der Waals surface area contributed by atoms with Gasteiger partial charge in [-0.1, -0.05) is 36.4 Å². The van der Waals surface area contributed by atoms with Gasteiger partial charge in [0.05, 0.1) is 12.3 Å². The van der Waals surface area contributed by atoms with Gasteiger partial charge in [0.15, 0.2) is 6.61 Å². The highest BCUT2D eigenvalue weighted by atomic mass is 16.5. The molecule has 2 aromatic rings. The van der Waals surface area contributed by atoms with Crippen LogP contribution in [0.25, 0.3) is 0 Å². The number of benzene rings is 2. The Morgan fingerprint density at radius 2 is 1.88 bits per heavy atom. The summed E-state index contributed by atoms with van der Waals surface area (Å²) in [5, 5.41) is 12.6. The quantitative estimate of drug-likeness (QED) is 0.147. The Balaban J connectivity index is 1.41. The van der Waals surface area contributed by atoms with E-state index >= 15 is 0 Å². The van der Waals surface area contributed by atoms with Gasteiger partial charge in [-0.15, -0.1) is 0 Å². The molecule has 2 aromatic carbocycles. The predicted molar refractivity (Wildman–Crippen MR) is 149 cm³/mol. The first kappa shape index (κ1) is 29.5. The van der Waals surface area contributed by atoms with E-state index in [4.69, 9.17) is 14.7 Å². The van der Waals surface area contributed by atoms with Crippen LogP contribution in [0.4, 0.5) is 0 Å². The first-order valence-electron chi connectivity index (χ1n) is 13.6. The van der Waals surface area contributed by atoms with Crippen molar-refractivity contribution in [1.82, 2.24) is 15.8 Å². The fourth-order valence-electron chi connectivity index (χ4n) is 4.91. The van der Waals surface area contributed by atoms with E-state index in [1.54, 1.807) is 18.2 Å². The number of allylic oxidation sites excluding steroid dienone is 2. The molecule has 0 unspecified atom stereocenters. The summed E-state index contributed by atoms with van der Waals surface area (Å²) in [6, 6.07) is 13.6. The summed E-state index contributed by atoms with van der Waals surface area (Å²) in [4.78, 5) is 51.1. The zero-order valence-corrected chi connectivity index (χ0v) is 22.7. The molecule has 1 saturated carbocycles. The van der Waals surface area contributed by atoms with Crippen molar-refractivity contribution in [1.29, 1.82) is 0 Å². The Morgan fingerprint density at radius 3 is 2.71 bits per heavy atom. The molecule has 0 aromatic heterocycles. The molecule has 1 heterocycles. The lowest BCUT2D eigenvalue weighted by Gasteiger charge is -2.33. The number of hydrazone groups is 1. The zero-order chi connectivity index (χ0) is 29.0. The van der Waals surface area contributed by atoms with Crippen molar-refractivity contribution in [2.24, 2.45) is 5.10 Å². The summed E-state index contributed by atoms with van der Waals surface area (Å²) in [5.41, 5.74) is 5.83. The lowest BCUT2D eigenvalue weighted by Crippen LogP contribution is -2.45. The molecule has 0 spiro atoms. The van der Waals surface area contributed by atoms with Crippen LogP contribution in [0.1, 0.15) is 66.4 Å². The van der Waals surface area contributed by atoms with Crippen molar-refractivity contribution in [3.05, 3.63) is 77.4 Å². The SMILES string of the molecule is O=C(COc1cccc(C(=O)N/N=C/c2cccc(CN3C(=O)CC/C=C/CCC(=O)O[C@H]4CCC[C@@H]43)c2)c1)NO. The fraction of sp³-hybridized carbons (Fsp3) is 0.367. The highest BCUT2D eigenvalue weighted by Crippen LogP contribution is 2.30. The molecule has 0 saturated heterocycles. The molecular formula is C30H34N4O7. The van der Waals surface area contributed by atoms with Crippen LogP contribution in [0.2, 0.25) is 0 Å². The maximum Gasteiger partial charge on any atom is 0.306 e. The molecule has 3 N–H and O–H groups in total. The van der Waals surface area contributed by atoms with Crippen molar-refractivity contribution >= 4 is 29.9 Å². The minimum atomic E-state index is -0.720. The summed E-state index contributed by atoms with van der Waals surface area (Å²) in [7, 11) is 0. The van der Waals surface area contributed by atoms with Crippen LogP contribution >= 0.6 is 0 Å². The second kappa shape index (κ2) is 14.8. The fourth-order valence-corrected chi connectivity index (χ4v) is 4.91. The summed E-state index contributed by atoms with van der Waals surface area (Å²) >= 11 is 0. The van der Waals surface area contributed by atoms with Gasteiger partial charge in [0.2, 0.25) is 5.91 Å². The van der Waals surface area contributed by atoms with Gasteiger partial charge in [-0.05, 0) is 67.5 Å². The van der Waals surface area contributed by atoms with Crippen molar-refractivity contribution in [3.8, 4) is 5.75 Å². The summed E-state index contributed by atoms with van der Waals surface area (Å²) in [5.74, 6) is -1.12. The molecular weight excluding hydrogens is 528 g/mol. The predicted octanol–water partition coefficient (Wildman–Crippen LogP) is 3.26. The van der Waals surface area contributed by atoms with Gasteiger partial charge in [0.1, 0.15) is 11.9 Å². The second-order valence-corrected chi connectivity index (χ2v) is 9.89. The highest BCUT2D eigenvalue weighted by molar-refractivity contribution is 5.95. The second-order valence-electron chi connectivity index (χ2n) is 9.89. The van der Waals surface area contributed by atoms with Crippen molar-refractivity contribution in [2.75, 3.05) is 6.61 Å². The van der Waals surface area contributed by atoms with Gasteiger partial charge in [-0.2, -0.15) is 5.10 Å². The van der Waals surface area contributed by atoms with E-state index in [1.807, 2.05) is 41.3 Å². The minimum absolute atomic E-state index is 0.0257. The Kier molecular flexibility index (Phi) is 10.6. The van der Waals surface area contributed by atoms with Crippen LogP contribution in [-0.2, 0) is 25.7 Å². The topological polar surface area (TPSA) is 147 Å². The molecule has 4 rings (SSSR count). The lowest BCUT2D eigenvalue weighted by molar-refractivity contribution is -0.154. The Labute approximate surface area is 238 Å². The van der Waals surface area contributed by atoms with Gasteiger partial charge >= 0.3 is 5.97 Å². The molecule has 1 aliphatic heterocycles. The molecule has 2 atom stereocenters. The molecule has 0 radical (unpaired) electrons. The first-order valence-corrected chi connectivity index (χ1v) is 13.6. The number of ether oxygens (including phenoxy) is 2. The molecule has 3 amide bonds. The number of nitrogens with one attached hydrogen (secondary N) is 2. The maximum absolute atomic E-state index is 13.3. The average Bonchev–Trinajstić information content (AvgIpc) is 3.43. The van der Waals surface area contributed by atoms with E-state index in [1.165, 1.54) is 17.8 Å². The number of rotatable bonds is 8. The largest absolute Gasteiger partial charge is 0.484 e. The zero-order valence-electron chi connectivity index (χ0n) is 22.7. The molecule has 1 fully saturated rings. The van der Waals surface area contributed by atoms with Crippen LogP contribution < -0.4 is 15.6 Å². The lowest BCUT2D eigenvalue weighted by atomic mass is 10.1. The van der Waals surface area contributed by atoms with E-state index in [0.29, 0.717) is 32.2 Å². The average molecular weight is 563 g/mol. The third-order valence-electron chi connectivity index (χ3n) is 6.90. The minimum Gasteiger partial charge on any atom is -0.484 e. The number of carbonyl (C=O) groups excluding carboxylic acids is 4. The maximum atomic E-state index is 13.3. The van der Waals surface area contributed by atoms with Crippen LogP contribution in [0.3, 0.4) is 0 Å². The summed E-state index contributed by atoms with van der Waals surface area (Å²) in [6.45, 7) is -0.0287. The molecule has 0 bridgehead atoms. The van der Waals surface area contributed by atoms with E-state index in [0.717, 1.165) is 30.4 Å². The van der Waals surface area contributed by atoms with Gasteiger partial charge in [-0.25, -0.2) is 10.9 Å².